The van der Waals surface area contributed by atoms with Crippen LogP contribution in [0.2, 0.25) is 0 Å². The van der Waals surface area contributed by atoms with E-state index in [2.05, 4.69) is 6.58 Å². The maximum Gasteiger partial charge on any atom is 0.411 e. The summed E-state index contributed by atoms with van der Waals surface area (Å²) in [5.74, 6) is -0.887. The number of carbonyl (C=O) groups is 2. The highest BCUT2D eigenvalue weighted by molar-refractivity contribution is 6.00. The molecule has 0 aromatic rings. The van der Waals surface area contributed by atoms with Gasteiger partial charge in [0.25, 0.3) is 5.91 Å². The standard InChI is InChI=1S/C4H6N2O3/c1-2(5)3(7)6-4(8)9/h1,5H2,(H,6,7)(H,8,9). The molecule has 0 aromatic heterocycles. The average Bonchev–Trinajstić information content (AvgIpc) is 1.63. The van der Waals surface area contributed by atoms with E-state index in [4.69, 9.17) is 10.8 Å². The number of hydrogen-bond donors (Lipinski definition) is 3. The van der Waals surface area contributed by atoms with Crippen molar-refractivity contribution in [1.29, 1.82) is 0 Å². The summed E-state index contributed by atoms with van der Waals surface area (Å²) in [6.07, 6.45) is -1.44. The number of nitrogens with one attached hydrogen (secondary N) is 1. The Morgan fingerprint density at radius 3 is 2.11 bits per heavy atom. The molecule has 0 aliphatic rings. The zero-order chi connectivity index (χ0) is 7.44. The molecular formula is C4H6N2O3. The van der Waals surface area contributed by atoms with Gasteiger partial charge in [-0.3, -0.25) is 10.1 Å². The van der Waals surface area contributed by atoms with Gasteiger partial charge in [0, 0.05) is 0 Å². The number of imide groups is 1. The van der Waals surface area contributed by atoms with E-state index in [0.717, 1.165) is 0 Å². The van der Waals surface area contributed by atoms with E-state index in [9.17, 15) is 9.59 Å². The number of carboxylic acid groups (broad SMARTS) is 1. The third-order valence-corrected chi connectivity index (χ3v) is 0.512. The van der Waals surface area contributed by atoms with Gasteiger partial charge in [0.15, 0.2) is 0 Å². The van der Waals surface area contributed by atoms with Crippen molar-refractivity contribution in [3.8, 4) is 0 Å². The summed E-state index contributed by atoms with van der Waals surface area (Å²) in [6, 6.07) is 0. The minimum absolute atomic E-state index is 0.322. The molecule has 0 heterocycles. The number of rotatable bonds is 1. The quantitative estimate of drug-likeness (QED) is 0.407. The molecule has 0 rings (SSSR count). The van der Waals surface area contributed by atoms with Crippen LogP contribution in [0.4, 0.5) is 4.79 Å². The first kappa shape index (κ1) is 7.48. The van der Waals surface area contributed by atoms with Crippen molar-refractivity contribution in [3.63, 3.8) is 0 Å². The maximum atomic E-state index is 10.2. The van der Waals surface area contributed by atoms with Gasteiger partial charge in [-0.15, -0.1) is 0 Å². The van der Waals surface area contributed by atoms with Crippen LogP contribution in [0.1, 0.15) is 0 Å². The van der Waals surface area contributed by atoms with Crippen LogP contribution in [0.5, 0.6) is 0 Å². The Kier molecular flexibility index (Phi) is 2.25. The summed E-state index contributed by atoms with van der Waals surface area (Å²) >= 11 is 0. The lowest BCUT2D eigenvalue weighted by Gasteiger charge is -1.94. The van der Waals surface area contributed by atoms with Gasteiger partial charge in [0.05, 0.1) is 5.70 Å². The third kappa shape index (κ3) is 3.10. The molecule has 0 bridgehead atoms. The zero-order valence-electron chi connectivity index (χ0n) is 4.55. The molecule has 0 fully saturated rings. The van der Waals surface area contributed by atoms with E-state index in [0.29, 0.717) is 0 Å². The fourth-order valence-corrected chi connectivity index (χ4v) is 0.177. The third-order valence-electron chi connectivity index (χ3n) is 0.512. The largest absolute Gasteiger partial charge is 0.465 e. The van der Waals surface area contributed by atoms with Crippen LogP contribution in [-0.2, 0) is 4.79 Å². The summed E-state index contributed by atoms with van der Waals surface area (Å²) in [4.78, 5) is 19.9. The Bertz CT molecular complexity index is 163. The second-order valence-corrected chi connectivity index (χ2v) is 1.28. The molecule has 0 saturated heterocycles. The van der Waals surface area contributed by atoms with Gasteiger partial charge < -0.3 is 10.8 Å². The Labute approximate surface area is 51.2 Å². The van der Waals surface area contributed by atoms with E-state index in [1.54, 1.807) is 0 Å². The highest BCUT2D eigenvalue weighted by atomic mass is 16.4. The summed E-state index contributed by atoms with van der Waals surface area (Å²) in [5.41, 5.74) is 4.49. The van der Waals surface area contributed by atoms with Crippen LogP contribution in [0.15, 0.2) is 12.3 Å². The molecule has 0 radical (unpaired) electrons. The Morgan fingerprint density at radius 2 is 2.00 bits per heavy atom. The smallest absolute Gasteiger partial charge is 0.411 e. The lowest BCUT2D eigenvalue weighted by Crippen LogP contribution is -2.32. The van der Waals surface area contributed by atoms with Crippen LogP contribution in [0, 0.1) is 0 Å². The minimum Gasteiger partial charge on any atom is -0.465 e. The molecule has 50 valence electrons. The summed E-state index contributed by atoms with van der Waals surface area (Å²) in [5, 5.41) is 9.40. The maximum absolute atomic E-state index is 10.2. The SMILES string of the molecule is C=C(N)C(=O)NC(=O)O. The summed E-state index contributed by atoms with van der Waals surface area (Å²) < 4.78 is 0. The minimum atomic E-state index is -1.44. The fraction of sp³-hybridized carbons (Fsp3) is 0. The molecule has 0 aromatic carbocycles. The van der Waals surface area contributed by atoms with Crippen LogP contribution in [-0.4, -0.2) is 17.1 Å². The molecule has 0 saturated carbocycles. The lowest BCUT2D eigenvalue weighted by molar-refractivity contribution is -0.116. The number of hydrogen-bond acceptors (Lipinski definition) is 3. The predicted octanol–water partition coefficient (Wildman–Crippen LogP) is -0.747. The molecule has 0 atom stereocenters. The Balaban J connectivity index is 3.79. The van der Waals surface area contributed by atoms with Crippen LogP contribution in [0.25, 0.3) is 0 Å². The average molecular weight is 130 g/mol. The van der Waals surface area contributed by atoms with Gasteiger partial charge in [-0.25, -0.2) is 4.79 Å². The first-order valence-corrected chi connectivity index (χ1v) is 2.02. The summed E-state index contributed by atoms with van der Waals surface area (Å²) in [7, 11) is 0. The fourth-order valence-electron chi connectivity index (χ4n) is 0.177. The zero-order valence-corrected chi connectivity index (χ0v) is 4.55. The first-order chi connectivity index (χ1) is 4.04. The topological polar surface area (TPSA) is 92.4 Å². The normalized spacial score (nSPS) is 8.00. The molecule has 0 spiro atoms. The van der Waals surface area contributed by atoms with Gasteiger partial charge in [0.1, 0.15) is 0 Å². The van der Waals surface area contributed by atoms with Crippen molar-refractivity contribution < 1.29 is 14.7 Å². The highest BCUT2D eigenvalue weighted by Crippen LogP contribution is 1.74. The first-order valence-electron chi connectivity index (χ1n) is 2.02. The number of nitrogens with two attached hydrogens (primary N) is 1. The van der Waals surface area contributed by atoms with E-state index >= 15 is 0 Å². The molecule has 0 unspecified atom stereocenters. The molecule has 0 aliphatic carbocycles. The molecule has 4 N–H and O–H groups in total. The molecule has 2 amide bonds. The Morgan fingerprint density at radius 1 is 1.56 bits per heavy atom. The second kappa shape index (κ2) is 2.71. The molecule has 5 heteroatoms. The lowest BCUT2D eigenvalue weighted by atomic mass is 10.5. The van der Waals surface area contributed by atoms with Crippen molar-refractivity contribution in [1.82, 2.24) is 5.32 Å². The number of carbonyl (C=O) groups excluding carboxylic acids is 1. The van der Waals surface area contributed by atoms with E-state index in [1.807, 2.05) is 0 Å². The van der Waals surface area contributed by atoms with Crippen molar-refractivity contribution in [2.45, 2.75) is 0 Å². The van der Waals surface area contributed by atoms with Crippen molar-refractivity contribution in [2.24, 2.45) is 5.73 Å². The number of amides is 2. The van der Waals surface area contributed by atoms with E-state index < -0.39 is 12.0 Å². The summed E-state index contributed by atoms with van der Waals surface area (Å²) in [6.45, 7) is 3.01. The van der Waals surface area contributed by atoms with Gasteiger partial charge >= 0.3 is 6.09 Å². The molecular weight excluding hydrogens is 124 g/mol. The van der Waals surface area contributed by atoms with Crippen molar-refractivity contribution in [2.75, 3.05) is 0 Å². The second-order valence-electron chi connectivity index (χ2n) is 1.28. The van der Waals surface area contributed by atoms with Crippen LogP contribution < -0.4 is 11.1 Å². The Hall–Kier alpha value is -1.52. The molecule has 0 aliphatic heterocycles. The van der Waals surface area contributed by atoms with Crippen molar-refractivity contribution >= 4 is 12.0 Å². The monoisotopic (exact) mass is 130 g/mol. The van der Waals surface area contributed by atoms with E-state index in [1.165, 1.54) is 5.32 Å². The molecule has 5 nitrogen and oxygen atoms in total. The van der Waals surface area contributed by atoms with E-state index in [-0.39, 0.29) is 5.70 Å². The van der Waals surface area contributed by atoms with Gasteiger partial charge in [0.2, 0.25) is 0 Å². The molecule has 9 heavy (non-hydrogen) atoms. The van der Waals surface area contributed by atoms with Gasteiger partial charge in [-0.2, -0.15) is 0 Å². The van der Waals surface area contributed by atoms with Crippen LogP contribution >= 0.6 is 0 Å². The van der Waals surface area contributed by atoms with Crippen molar-refractivity contribution in [3.05, 3.63) is 12.3 Å². The predicted molar refractivity (Wildman–Crippen MR) is 29.5 cm³/mol. The highest BCUT2D eigenvalue weighted by Gasteiger charge is 2.04. The van der Waals surface area contributed by atoms with Crippen LogP contribution in [0.3, 0.4) is 0 Å². The van der Waals surface area contributed by atoms with Gasteiger partial charge in [-0.1, -0.05) is 6.58 Å². The van der Waals surface area contributed by atoms with Gasteiger partial charge in [-0.05, 0) is 0 Å².